The maximum absolute atomic E-state index is 8.29. The first-order chi connectivity index (χ1) is 4.81. The van der Waals surface area contributed by atoms with Crippen LogP contribution < -0.4 is 29.6 Å². The van der Waals surface area contributed by atoms with Crippen LogP contribution in [0.2, 0.25) is 0 Å². The Kier molecular flexibility index (Phi) is 12.4. The van der Waals surface area contributed by atoms with E-state index in [2.05, 4.69) is 19.1 Å². The number of aryl methyl sites for hydroxylation is 1. The Balaban J connectivity index is 0. The van der Waals surface area contributed by atoms with Crippen molar-refractivity contribution in [2.45, 2.75) is 6.92 Å². The Morgan fingerprint density at radius 3 is 1.64 bits per heavy atom. The van der Waals surface area contributed by atoms with Gasteiger partial charge in [-0.05, 0) is 6.92 Å². The van der Waals surface area contributed by atoms with Crippen molar-refractivity contribution in [1.29, 1.82) is 0 Å². The molecule has 0 saturated carbocycles. The van der Waals surface area contributed by atoms with E-state index in [9.17, 15) is 0 Å². The van der Waals surface area contributed by atoms with Gasteiger partial charge in [0.15, 0.2) is 0 Å². The quantitative estimate of drug-likeness (QED) is 0.446. The molecule has 0 N–H and O–H groups in total. The molecule has 54 valence electrons. The normalized spacial score (nSPS) is 6.64. The fourth-order valence-electron chi connectivity index (χ4n) is 0.534. The molecule has 0 fully saturated rings. The monoisotopic (exact) mass is 179 g/mol. The Labute approximate surface area is 91.9 Å². The number of hydrogen-bond donors (Lipinski definition) is 0. The zero-order valence-corrected chi connectivity index (χ0v) is 9.43. The molecule has 0 atom stereocenters. The van der Waals surface area contributed by atoms with E-state index >= 15 is 0 Å². The molecule has 1 aromatic rings. The Hall–Kier alpha value is 0.0400. The predicted octanol–water partition coefficient (Wildman–Crippen LogP) is -1.67. The van der Waals surface area contributed by atoms with E-state index in [1.807, 2.05) is 18.2 Å². The van der Waals surface area contributed by atoms with Crippen LogP contribution in [0.1, 0.15) is 5.56 Å². The van der Waals surface area contributed by atoms with Gasteiger partial charge in [0.25, 0.3) is 0 Å². The summed E-state index contributed by atoms with van der Waals surface area (Å²) in [7, 11) is 0. The molecule has 0 heterocycles. The minimum Gasteiger partial charge on any atom is -0.168 e. The Morgan fingerprint density at radius 1 is 1.09 bits per heavy atom. The Bertz CT molecular complexity index is 207. The van der Waals surface area contributed by atoms with Crippen molar-refractivity contribution in [2.75, 3.05) is 0 Å². The van der Waals surface area contributed by atoms with Crippen LogP contribution in [0.4, 0.5) is 0 Å². The van der Waals surface area contributed by atoms with Gasteiger partial charge in [0.2, 0.25) is 0 Å². The van der Waals surface area contributed by atoms with Gasteiger partial charge in [-0.3, -0.25) is 0 Å². The van der Waals surface area contributed by atoms with Crippen LogP contribution >= 0.6 is 0 Å². The third-order valence-electron chi connectivity index (χ3n) is 0.940. The summed E-state index contributed by atoms with van der Waals surface area (Å²) in [5.41, 5.74) is 1.32. The smallest absolute Gasteiger partial charge is 0.168 e. The summed E-state index contributed by atoms with van der Waals surface area (Å²) in [5.74, 6) is 0. The van der Waals surface area contributed by atoms with Crippen molar-refractivity contribution in [3.05, 3.63) is 35.9 Å². The van der Waals surface area contributed by atoms with Crippen molar-refractivity contribution in [1.82, 2.24) is 0 Å². The molecule has 0 aromatic heterocycles. The van der Waals surface area contributed by atoms with Crippen LogP contribution in [-0.2, 0) is 11.6 Å². The molecule has 0 amide bonds. The number of rotatable bonds is 0. The van der Waals surface area contributed by atoms with Crippen LogP contribution in [-0.4, -0.2) is 8.42 Å². The van der Waals surface area contributed by atoms with Crippen LogP contribution in [0.3, 0.4) is 0 Å². The minimum atomic E-state index is -0.750. The molecule has 2 nitrogen and oxygen atoms in total. The standard InChI is InChI=1S/C7H8.Na.O2S/c1-7-5-3-2-4-6-7;;1-3-2/h2-6H,1H3;;/q;+1;. The first-order valence-corrected chi connectivity index (χ1v) is 3.41. The molecule has 0 spiro atoms. The fourth-order valence-corrected chi connectivity index (χ4v) is 0.534. The summed E-state index contributed by atoms with van der Waals surface area (Å²) in [4.78, 5) is 0. The molecule has 0 aliphatic carbocycles. The van der Waals surface area contributed by atoms with Gasteiger partial charge in [-0.1, -0.05) is 35.9 Å². The van der Waals surface area contributed by atoms with Gasteiger partial charge in [-0.25, -0.2) is 0 Å². The number of hydrogen-bond acceptors (Lipinski definition) is 2. The Morgan fingerprint density at radius 2 is 1.45 bits per heavy atom. The van der Waals surface area contributed by atoms with Crippen LogP contribution in [0.15, 0.2) is 30.3 Å². The van der Waals surface area contributed by atoms with Gasteiger partial charge in [-0.15, -0.1) is 0 Å². The van der Waals surface area contributed by atoms with Crippen molar-refractivity contribution in [2.24, 2.45) is 0 Å². The summed E-state index contributed by atoms with van der Waals surface area (Å²) in [6.07, 6.45) is 0. The molecule has 1 aromatic carbocycles. The zero-order valence-electron chi connectivity index (χ0n) is 6.61. The molecule has 1 rings (SSSR count). The molecule has 0 saturated heterocycles. The molecule has 0 radical (unpaired) electrons. The van der Waals surface area contributed by atoms with Gasteiger partial charge in [0.05, 0.1) is 0 Å². The maximum Gasteiger partial charge on any atom is 1.00 e. The molecule has 4 heteroatoms. The summed E-state index contributed by atoms with van der Waals surface area (Å²) < 4.78 is 16.6. The van der Waals surface area contributed by atoms with Crippen LogP contribution in [0, 0.1) is 6.92 Å². The summed E-state index contributed by atoms with van der Waals surface area (Å²) in [5, 5.41) is 0. The van der Waals surface area contributed by atoms with Crippen LogP contribution in [0.25, 0.3) is 0 Å². The van der Waals surface area contributed by atoms with E-state index in [0.29, 0.717) is 0 Å². The average molecular weight is 179 g/mol. The molecule has 0 unspecified atom stereocenters. The van der Waals surface area contributed by atoms with Crippen molar-refractivity contribution >= 4 is 11.6 Å². The maximum atomic E-state index is 8.29. The first-order valence-electron chi connectivity index (χ1n) is 2.74. The van der Waals surface area contributed by atoms with Crippen molar-refractivity contribution < 1.29 is 38.0 Å². The molecule has 0 aliphatic rings. The topological polar surface area (TPSA) is 34.1 Å². The van der Waals surface area contributed by atoms with E-state index in [0.717, 1.165) is 0 Å². The average Bonchev–Trinajstić information content (AvgIpc) is 1.91. The van der Waals surface area contributed by atoms with E-state index in [-0.39, 0.29) is 29.6 Å². The van der Waals surface area contributed by atoms with Gasteiger partial charge < -0.3 is 0 Å². The third kappa shape index (κ3) is 10.0. The van der Waals surface area contributed by atoms with Crippen molar-refractivity contribution in [3.63, 3.8) is 0 Å². The van der Waals surface area contributed by atoms with Gasteiger partial charge in [-0.2, -0.15) is 8.42 Å². The minimum absolute atomic E-state index is 0. The van der Waals surface area contributed by atoms with Gasteiger partial charge >= 0.3 is 41.1 Å². The van der Waals surface area contributed by atoms with Gasteiger partial charge in [0, 0.05) is 0 Å². The third-order valence-corrected chi connectivity index (χ3v) is 0.940. The molecule has 0 bridgehead atoms. The molecule has 11 heavy (non-hydrogen) atoms. The largest absolute Gasteiger partial charge is 1.00 e. The van der Waals surface area contributed by atoms with Crippen molar-refractivity contribution in [3.8, 4) is 0 Å². The second kappa shape index (κ2) is 10.0. The second-order valence-electron chi connectivity index (χ2n) is 1.72. The van der Waals surface area contributed by atoms with E-state index in [1.165, 1.54) is 5.56 Å². The second-order valence-corrected chi connectivity index (χ2v) is 1.86. The molecular weight excluding hydrogens is 171 g/mol. The zero-order chi connectivity index (χ0) is 7.82. The summed E-state index contributed by atoms with van der Waals surface area (Å²) >= 11 is -0.750. The SMILES string of the molecule is Cc1ccccc1.O=S=O.[Na+]. The molecule has 0 aliphatic heterocycles. The number of benzene rings is 1. The van der Waals surface area contributed by atoms with E-state index in [4.69, 9.17) is 8.42 Å². The van der Waals surface area contributed by atoms with Gasteiger partial charge in [0.1, 0.15) is 0 Å². The molecular formula is C7H8NaO2S+. The summed E-state index contributed by atoms with van der Waals surface area (Å²) in [6, 6.07) is 10.3. The fraction of sp³-hybridized carbons (Fsp3) is 0.143. The first kappa shape index (κ1) is 13.6. The summed E-state index contributed by atoms with van der Waals surface area (Å²) in [6.45, 7) is 2.08. The van der Waals surface area contributed by atoms with E-state index < -0.39 is 11.6 Å². The van der Waals surface area contributed by atoms with E-state index in [1.54, 1.807) is 0 Å². The predicted molar refractivity (Wildman–Crippen MR) is 40.1 cm³/mol. The van der Waals surface area contributed by atoms with Crippen LogP contribution in [0.5, 0.6) is 0 Å².